The fourth-order valence-corrected chi connectivity index (χ4v) is 4.62. The maximum absolute atomic E-state index is 12.3. The molecule has 0 radical (unpaired) electrons. The Labute approximate surface area is 178 Å². The highest BCUT2D eigenvalue weighted by atomic mass is 35.5. The quantitative estimate of drug-likeness (QED) is 0.416. The molecule has 0 bridgehead atoms. The van der Waals surface area contributed by atoms with Gasteiger partial charge >= 0.3 is 0 Å². The molecule has 2 aromatic carbocycles. The Bertz CT molecular complexity index is 930. The van der Waals surface area contributed by atoms with Gasteiger partial charge in [-0.15, -0.1) is 0 Å². The third-order valence-corrected chi connectivity index (χ3v) is 6.08. The molecule has 0 aliphatic rings. The van der Waals surface area contributed by atoms with Crippen LogP contribution in [0.5, 0.6) is 0 Å². The Morgan fingerprint density at radius 2 is 1.62 bits per heavy atom. The van der Waals surface area contributed by atoms with E-state index in [1.165, 1.54) is 0 Å². The van der Waals surface area contributed by atoms with Crippen LogP contribution >= 0.6 is 11.6 Å². The Kier molecular flexibility index (Phi) is 8.95. The number of benzene rings is 2. The van der Waals surface area contributed by atoms with Crippen molar-refractivity contribution in [3.8, 4) is 0 Å². The van der Waals surface area contributed by atoms with Crippen LogP contribution in [0.3, 0.4) is 0 Å². The van der Waals surface area contributed by atoms with Crippen LogP contribution in [-0.2, 0) is 28.7 Å². The van der Waals surface area contributed by atoms with Crippen molar-refractivity contribution in [2.75, 3.05) is 13.6 Å². The molecule has 2 aromatic rings. The van der Waals surface area contributed by atoms with Crippen molar-refractivity contribution in [2.45, 2.75) is 38.6 Å². The standard InChI is InChI=1S/C21H29ClN4O2S/c1-16(2)26-29(27,28)15-19-10-5-4-9-18(19)14-25-21(23-3)24-13-12-17-8-6-7-11-20(17)22/h4-11,16,26H,12-15H2,1-3H3,(H2,23,24,25). The molecule has 6 nitrogen and oxygen atoms in total. The van der Waals surface area contributed by atoms with Crippen LogP contribution in [0.4, 0.5) is 0 Å². The van der Waals surface area contributed by atoms with Gasteiger partial charge in [-0.05, 0) is 43.0 Å². The molecule has 0 aromatic heterocycles. The first-order valence-corrected chi connectivity index (χ1v) is 11.6. The molecule has 0 spiro atoms. The Morgan fingerprint density at radius 1 is 1.00 bits per heavy atom. The van der Waals surface area contributed by atoms with E-state index in [4.69, 9.17) is 11.6 Å². The number of guanidine groups is 1. The van der Waals surface area contributed by atoms with Gasteiger partial charge in [0, 0.05) is 31.2 Å². The number of sulfonamides is 1. The van der Waals surface area contributed by atoms with E-state index in [0.717, 1.165) is 28.1 Å². The van der Waals surface area contributed by atoms with Crippen molar-refractivity contribution in [2.24, 2.45) is 4.99 Å². The van der Waals surface area contributed by atoms with Crippen LogP contribution in [0.25, 0.3) is 0 Å². The van der Waals surface area contributed by atoms with Gasteiger partial charge in [0.05, 0.1) is 5.75 Å². The second kappa shape index (κ2) is 11.2. The number of hydrogen-bond acceptors (Lipinski definition) is 3. The Hall–Kier alpha value is -2.09. The molecule has 0 unspecified atom stereocenters. The summed E-state index contributed by atoms with van der Waals surface area (Å²) in [5.74, 6) is 0.594. The van der Waals surface area contributed by atoms with Gasteiger partial charge in [-0.25, -0.2) is 13.1 Å². The number of halogens is 1. The fraction of sp³-hybridized carbons (Fsp3) is 0.381. The molecule has 0 aliphatic carbocycles. The van der Waals surface area contributed by atoms with Crippen LogP contribution in [0.15, 0.2) is 53.5 Å². The summed E-state index contributed by atoms with van der Waals surface area (Å²) in [6.07, 6.45) is 0.774. The average molecular weight is 437 g/mol. The van der Waals surface area contributed by atoms with Gasteiger partial charge in [0.15, 0.2) is 5.96 Å². The third-order valence-electron chi connectivity index (χ3n) is 4.19. The average Bonchev–Trinajstić information content (AvgIpc) is 2.65. The minimum atomic E-state index is -3.39. The lowest BCUT2D eigenvalue weighted by Gasteiger charge is -2.15. The van der Waals surface area contributed by atoms with Gasteiger partial charge in [0.25, 0.3) is 0 Å². The van der Waals surface area contributed by atoms with Crippen molar-refractivity contribution >= 4 is 27.6 Å². The number of nitrogens with one attached hydrogen (secondary N) is 3. The second-order valence-corrected chi connectivity index (χ2v) is 9.16. The summed E-state index contributed by atoms with van der Waals surface area (Å²) in [5, 5.41) is 7.26. The van der Waals surface area contributed by atoms with E-state index in [1.54, 1.807) is 7.05 Å². The number of hydrogen-bond donors (Lipinski definition) is 3. The molecule has 0 aliphatic heterocycles. The van der Waals surface area contributed by atoms with E-state index in [2.05, 4.69) is 20.3 Å². The van der Waals surface area contributed by atoms with Crippen molar-refractivity contribution < 1.29 is 8.42 Å². The lowest BCUT2D eigenvalue weighted by molar-refractivity contribution is 0.568. The molecule has 0 fully saturated rings. The minimum Gasteiger partial charge on any atom is -0.356 e. The van der Waals surface area contributed by atoms with E-state index < -0.39 is 10.0 Å². The Morgan fingerprint density at radius 3 is 2.24 bits per heavy atom. The van der Waals surface area contributed by atoms with Crippen molar-refractivity contribution in [3.05, 3.63) is 70.2 Å². The van der Waals surface area contributed by atoms with E-state index in [0.29, 0.717) is 19.0 Å². The molecule has 2 rings (SSSR count). The van der Waals surface area contributed by atoms with E-state index >= 15 is 0 Å². The molecule has 8 heteroatoms. The predicted octanol–water partition coefficient (Wildman–Crippen LogP) is 3.08. The molecule has 0 saturated heterocycles. The smallest absolute Gasteiger partial charge is 0.216 e. The zero-order valence-corrected chi connectivity index (χ0v) is 18.6. The van der Waals surface area contributed by atoms with Crippen LogP contribution in [0.2, 0.25) is 5.02 Å². The van der Waals surface area contributed by atoms with Gasteiger partial charge in [-0.3, -0.25) is 4.99 Å². The first kappa shape index (κ1) is 23.2. The lowest BCUT2D eigenvalue weighted by Crippen LogP contribution is -2.38. The molecule has 29 heavy (non-hydrogen) atoms. The highest BCUT2D eigenvalue weighted by molar-refractivity contribution is 7.88. The first-order chi connectivity index (χ1) is 13.8. The zero-order chi connectivity index (χ0) is 21.3. The van der Waals surface area contributed by atoms with Gasteiger partial charge in [0.2, 0.25) is 10.0 Å². The van der Waals surface area contributed by atoms with Gasteiger partial charge < -0.3 is 10.6 Å². The largest absolute Gasteiger partial charge is 0.356 e. The summed E-state index contributed by atoms with van der Waals surface area (Å²) in [6.45, 7) is 4.77. The van der Waals surface area contributed by atoms with Crippen molar-refractivity contribution in [3.63, 3.8) is 0 Å². The zero-order valence-electron chi connectivity index (χ0n) is 17.1. The summed E-state index contributed by atoms with van der Waals surface area (Å²) in [7, 11) is -1.68. The number of nitrogens with zero attached hydrogens (tertiary/aromatic N) is 1. The molecule has 0 amide bonds. The van der Waals surface area contributed by atoms with Crippen molar-refractivity contribution in [1.29, 1.82) is 0 Å². The molecule has 0 saturated carbocycles. The molecular formula is C21H29ClN4O2S. The fourth-order valence-electron chi connectivity index (χ4n) is 2.89. The highest BCUT2D eigenvalue weighted by Gasteiger charge is 2.15. The Balaban J connectivity index is 1.93. The summed E-state index contributed by atoms with van der Waals surface area (Å²) >= 11 is 6.19. The SMILES string of the molecule is CN=C(NCCc1ccccc1Cl)NCc1ccccc1CS(=O)(=O)NC(C)C. The normalized spacial score (nSPS) is 12.2. The van der Waals surface area contributed by atoms with E-state index in [-0.39, 0.29) is 11.8 Å². The molecule has 0 heterocycles. The summed E-state index contributed by atoms with van der Waals surface area (Å²) in [4.78, 5) is 4.23. The molecule has 0 atom stereocenters. The van der Waals surface area contributed by atoms with Crippen LogP contribution in [0.1, 0.15) is 30.5 Å². The van der Waals surface area contributed by atoms with E-state index in [1.807, 2.05) is 62.4 Å². The predicted molar refractivity (Wildman–Crippen MR) is 121 cm³/mol. The molecule has 3 N–H and O–H groups in total. The number of rotatable bonds is 9. The summed E-state index contributed by atoms with van der Waals surface area (Å²) < 4.78 is 27.2. The second-order valence-electron chi connectivity index (χ2n) is 6.99. The summed E-state index contributed by atoms with van der Waals surface area (Å²) in [5.41, 5.74) is 2.75. The monoisotopic (exact) mass is 436 g/mol. The summed E-state index contributed by atoms with van der Waals surface area (Å²) in [6, 6.07) is 15.1. The van der Waals surface area contributed by atoms with Crippen LogP contribution in [0, 0.1) is 0 Å². The van der Waals surface area contributed by atoms with Gasteiger partial charge in [-0.2, -0.15) is 0 Å². The van der Waals surface area contributed by atoms with Crippen LogP contribution < -0.4 is 15.4 Å². The first-order valence-electron chi connectivity index (χ1n) is 9.55. The molecular weight excluding hydrogens is 408 g/mol. The maximum atomic E-state index is 12.3. The lowest BCUT2D eigenvalue weighted by atomic mass is 10.1. The van der Waals surface area contributed by atoms with Crippen molar-refractivity contribution in [1.82, 2.24) is 15.4 Å². The van der Waals surface area contributed by atoms with Crippen LogP contribution in [-0.4, -0.2) is 34.0 Å². The highest BCUT2D eigenvalue weighted by Crippen LogP contribution is 2.15. The van der Waals surface area contributed by atoms with E-state index in [9.17, 15) is 8.42 Å². The molecule has 158 valence electrons. The third kappa shape index (κ3) is 8.04. The number of aliphatic imine (C=N–C) groups is 1. The van der Waals surface area contributed by atoms with Gasteiger partial charge in [0.1, 0.15) is 0 Å². The van der Waals surface area contributed by atoms with Gasteiger partial charge in [-0.1, -0.05) is 54.1 Å². The minimum absolute atomic E-state index is 0.0540. The maximum Gasteiger partial charge on any atom is 0.216 e. The topological polar surface area (TPSA) is 82.6 Å².